The van der Waals surface area contributed by atoms with Crippen LogP contribution in [0.25, 0.3) is 0 Å². The van der Waals surface area contributed by atoms with Crippen molar-refractivity contribution >= 4 is 11.6 Å². The number of carbonyl (C=O) groups excluding carboxylic acids is 1. The molecule has 2 aromatic rings. The van der Waals surface area contributed by atoms with Crippen molar-refractivity contribution in [1.29, 1.82) is 0 Å². The van der Waals surface area contributed by atoms with Gasteiger partial charge in [-0.1, -0.05) is 0 Å². The number of ether oxygens (including phenoxy) is 1. The zero-order valence-corrected chi connectivity index (χ0v) is 14.6. The van der Waals surface area contributed by atoms with Crippen molar-refractivity contribution in [2.24, 2.45) is 0 Å². The number of carbonyl (C=O) groups is 1. The van der Waals surface area contributed by atoms with E-state index in [0.717, 1.165) is 18.6 Å². The third kappa shape index (κ3) is 3.86. The van der Waals surface area contributed by atoms with Crippen LogP contribution >= 0.6 is 0 Å². The summed E-state index contributed by atoms with van der Waals surface area (Å²) < 4.78 is 46.6. The molecule has 0 N–H and O–H groups in total. The molecule has 1 heterocycles. The van der Waals surface area contributed by atoms with Crippen LogP contribution in [0, 0.1) is 17.5 Å². The molecule has 1 aliphatic carbocycles. The third-order valence-electron chi connectivity index (χ3n) is 4.79. The minimum atomic E-state index is -0.948. The number of anilines is 1. The first-order valence-electron chi connectivity index (χ1n) is 8.97. The summed E-state index contributed by atoms with van der Waals surface area (Å²) in [5.74, 6) is -2.19. The van der Waals surface area contributed by atoms with Crippen LogP contribution < -0.4 is 9.64 Å². The summed E-state index contributed by atoms with van der Waals surface area (Å²) in [6.07, 6.45) is 2.44. The topological polar surface area (TPSA) is 32.8 Å². The lowest BCUT2D eigenvalue weighted by atomic mass is 10.1. The molecule has 2 aliphatic rings. The second-order valence-corrected chi connectivity index (χ2v) is 6.84. The molecule has 2 fully saturated rings. The van der Waals surface area contributed by atoms with Crippen LogP contribution in [-0.2, 0) is 0 Å². The van der Waals surface area contributed by atoms with Crippen LogP contribution in [0.5, 0.6) is 5.75 Å². The predicted molar refractivity (Wildman–Crippen MR) is 94.5 cm³/mol. The van der Waals surface area contributed by atoms with E-state index in [2.05, 4.69) is 0 Å². The zero-order chi connectivity index (χ0) is 19.0. The van der Waals surface area contributed by atoms with Gasteiger partial charge in [0.1, 0.15) is 17.3 Å². The summed E-state index contributed by atoms with van der Waals surface area (Å²) >= 11 is 0. The van der Waals surface area contributed by atoms with E-state index in [0.29, 0.717) is 36.9 Å². The smallest absolute Gasteiger partial charge is 0.253 e. The molecule has 0 bridgehead atoms. The van der Waals surface area contributed by atoms with Gasteiger partial charge in [-0.15, -0.1) is 0 Å². The van der Waals surface area contributed by atoms with Crippen molar-refractivity contribution in [3.05, 3.63) is 59.4 Å². The van der Waals surface area contributed by atoms with Crippen LogP contribution in [0.15, 0.2) is 36.4 Å². The highest BCUT2D eigenvalue weighted by Gasteiger charge is 2.26. The van der Waals surface area contributed by atoms with Gasteiger partial charge in [0, 0.05) is 43.9 Å². The molecule has 1 saturated carbocycles. The highest BCUT2D eigenvalue weighted by molar-refractivity contribution is 5.94. The first kappa shape index (κ1) is 17.7. The van der Waals surface area contributed by atoms with Crippen molar-refractivity contribution in [2.45, 2.75) is 18.9 Å². The molecule has 1 amide bonds. The van der Waals surface area contributed by atoms with E-state index in [4.69, 9.17) is 4.74 Å². The average molecular weight is 376 g/mol. The number of benzene rings is 2. The second kappa shape index (κ2) is 7.13. The van der Waals surface area contributed by atoms with Gasteiger partial charge in [0.05, 0.1) is 6.10 Å². The SMILES string of the molecule is O=C(c1ccc(OC2CC2)cc1)N1CCN(c2c(F)cc(F)cc2F)CC1. The second-order valence-electron chi connectivity index (χ2n) is 6.84. The molecule has 0 radical (unpaired) electrons. The standard InChI is InChI=1S/C20H19F3N2O2/c21-14-11-17(22)19(18(23)12-14)24-7-9-25(10-8-24)20(26)13-1-3-15(4-2-13)27-16-5-6-16/h1-4,11-12,16H,5-10H2. The number of piperazine rings is 1. The molecule has 4 nitrogen and oxygen atoms in total. The van der Waals surface area contributed by atoms with Gasteiger partial charge in [-0.05, 0) is 37.1 Å². The highest BCUT2D eigenvalue weighted by atomic mass is 19.1. The van der Waals surface area contributed by atoms with Gasteiger partial charge >= 0.3 is 0 Å². The van der Waals surface area contributed by atoms with Crippen molar-refractivity contribution < 1.29 is 22.7 Å². The van der Waals surface area contributed by atoms with Crippen LogP contribution in [0.2, 0.25) is 0 Å². The van der Waals surface area contributed by atoms with Crippen LogP contribution in [0.3, 0.4) is 0 Å². The van der Waals surface area contributed by atoms with Gasteiger partial charge in [0.15, 0.2) is 11.6 Å². The van der Waals surface area contributed by atoms with Gasteiger partial charge in [-0.2, -0.15) is 0 Å². The summed E-state index contributed by atoms with van der Waals surface area (Å²) in [5.41, 5.74) is 0.302. The lowest BCUT2D eigenvalue weighted by Gasteiger charge is -2.36. The zero-order valence-electron chi connectivity index (χ0n) is 14.6. The van der Waals surface area contributed by atoms with Gasteiger partial charge in [0.2, 0.25) is 0 Å². The molecule has 1 saturated heterocycles. The molecule has 0 spiro atoms. The average Bonchev–Trinajstić information content (AvgIpc) is 3.45. The maximum absolute atomic E-state index is 13.9. The van der Waals surface area contributed by atoms with Crippen LogP contribution in [0.1, 0.15) is 23.2 Å². The fourth-order valence-corrected chi connectivity index (χ4v) is 3.21. The van der Waals surface area contributed by atoms with E-state index < -0.39 is 17.5 Å². The molecular formula is C20H19F3N2O2. The molecule has 27 heavy (non-hydrogen) atoms. The molecule has 2 aromatic carbocycles. The molecule has 0 unspecified atom stereocenters. The van der Waals surface area contributed by atoms with E-state index in [1.54, 1.807) is 29.2 Å². The highest BCUT2D eigenvalue weighted by Crippen LogP contribution is 2.28. The van der Waals surface area contributed by atoms with E-state index in [1.165, 1.54) is 4.90 Å². The normalized spacial score (nSPS) is 17.1. The van der Waals surface area contributed by atoms with Crippen LogP contribution in [0.4, 0.5) is 18.9 Å². The number of rotatable bonds is 4. The number of amides is 1. The molecule has 0 atom stereocenters. The Morgan fingerprint density at radius 2 is 1.52 bits per heavy atom. The third-order valence-corrected chi connectivity index (χ3v) is 4.79. The van der Waals surface area contributed by atoms with Gasteiger partial charge in [-0.3, -0.25) is 4.79 Å². The lowest BCUT2D eigenvalue weighted by molar-refractivity contribution is 0.0746. The maximum atomic E-state index is 13.9. The summed E-state index contributed by atoms with van der Waals surface area (Å²) in [7, 11) is 0. The molecule has 7 heteroatoms. The van der Waals surface area contributed by atoms with E-state index >= 15 is 0 Å². The number of halogens is 3. The van der Waals surface area contributed by atoms with Crippen molar-refractivity contribution in [3.8, 4) is 5.75 Å². The Balaban J connectivity index is 1.39. The van der Waals surface area contributed by atoms with Crippen molar-refractivity contribution in [3.63, 3.8) is 0 Å². The molecule has 142 valence electrons. The first-order valence-corrected chi connectivity index (χ1v) is 8.97. The van der Waals surface area contributed by atoms with E-state index in [1.807, 2.05) is 0 Å². The first-order chi connectivity index (χ1) is 13.0. The predicted octanol–water partition coefficient (Wildman–Crippen LogP) is 3.61. The summed E-state index contributed by atoms with van der Waals surface area (Å²) in [5, 5.41) is 0. The largest absolute Gasteiger partial charge is 0.490 e. The summed E-state index contributed by atoms with van der Waals surface area (Å²) in [4.78, 5) is 15.8. The number of hydrogen-bond donors (Lipinski definition) is 0. The Morgan fingerprint density at radius 1 is 0.926 bits per heavy atom. The van der Waals surface area contributed by atoms with Crippen molar-refractivity contribution in [2.75, 3.05) is 31.1 Å². The molecule has 0 aromatic heterocycles. The van der Waals surface area contributed by atoms with Gasteiger partial charge in [-0.25, -0.2) is 13.2 Å². The Kier molecular flexibility index (Phi) is 4.68. The van der Waals surface area contributed by atoms with Crippen LogP contribution in [-0.4, -0.2) is 43.1 Å². The fraction of sp³-hybridized carbons (Fsp3) is 0.350. The minimum absolute atomic E-state index is 0.132. The molecular weight excluding hydrogens is 357 g/mol. The summed E-state index contributed by atoms with van der Waals surface area (Å²) in [6, 6.07) is 8.36. The Morgan fingerprint density at radius 3 is 2.07 bits per heavy atom. The Hall–Kier alpha value is -2.70. The monoisotopic (exact) mass is 376 g/mol. The maximum Gasteiger partial charge on any atom is 0.253 e. The number of hydrogen-bond acceptors (Lipinski definition) is 3. The van der Waals surface area contributed by atoms with Gasteiger partial charge < -0.3 is 14.5 Å². The lowest BCUT2D eigenvalue weighted by Crippen LogP contribution is -2.49. The van der Waals surface area contributed by atoms with Crippen molar-refractivity contribution in [1.82, 2.24) is 4.90 Å². The molecule has 4 rings (SSSR count). The molecule has 1 aliphatic heterocycles. The minimum Gasteiger partial charge on any atom is -0.490 e. The quantitative estimate of drug-likeness (QED) is 0.817. The Labute approximate surface area is 155 Å². The summed E-state index contributed by atoms with van der Waals surface area (Å²) in [6.45, 7) is 1.20. The van der Waals surface area contributed by atoms with E-state index in [-0.39, 0.29) is 24.7 Å². The number of nitrogens with zero attached hydrogens (tertiary/aromatic N) is 2. The fourth-order valence-electron chi connectivity index (χ4n) is 3.21. The Bertz CT molecular complexity index is 822. The van der Waals surface area contributed by atoms with Gasteiger partial charge in [0.25, 0.3) is 5.91 Å². The van der Waals surface area contributed by atoms with E-state index in [9.17, 15) is 18.0 Å².